The molecule has 1 N–H and O–H groups in total. The van der Waals surface area contributed by atoms with Crippen LogP contribution in [0.25, 0.3) is 0 Å². The number of halogens is 1. The van der Waals surface area contributed by atoms with Gasteiger partial charge in [-0.2, -0.15) is 0 Å². The first-order valence-corrected chi connectivity index (χ1v) is 10.3. The van der Waals surface area contributed by atoms with Crippen LogP contribution in [0.4, 0.5) is 10.1 Å². The van der Waals surface area contributed by atoms with Crippen LogP contribution >= 0.6 is 0 Å². The van der Waals surface area contributed by atoms with Crippen molar-refractivity contribution in [2.45, 2.75) is 6.54 Å². The van der Waals surface area contributed by atoms with Gasteiger partial charge in [-0.15, -0.1) is 0 Å². The van der Waals surface area contributed by atoms with Crippen LogP contribution in [0.15, 0.2) is 78.9 Å². The fourth-order valence-electron chi connectivity index (χ4n) is 3.71. The third kappa shape index (κ3) is 4.91. The van der Waals surface area contributed by atoms with Gasteiger partial charge in [-0.3, -0.25) is 9.59 Å². The van der Waals surface area contributed by atoms with Gasteiger partial charge in [0.2, 0.25) is 0 Å². The van der Waals surface area contributed by atoms with Crippen molar-refractivity contribution in [3.05, 3.63) is 101 Å². The van der Waals surface area contributed by atoms with Gasteiger partial charge in [0.25, 0.3) is 11.8 Å². The lowest BCUT2D eigenvalue weighted by atomic mass is 10.1. The first kappa shape index (κ1) is 20.6. The number of benzene rings is 3. The Hall–Kier alpha value is -3.67. The Kier molecular flexibility index (Phi) is 6.26. The van der Waals surface area contributed by atoms with Gasteiger partial charge < -0.3 is 15.1 Å². The summed E-state index contributed by atoms with van der Waals surface area (Å²) in [7, 11) is 0. The van der Waals surface area contributed by atoms with Crippen molar-refractivity contribution in [2.24, 2.45) is 0 Å². The SMILES string of the molecule is O=C(NCc1ccccc1)c1cccc(C(=O)N2CCN(c3ccccc3F)CC2)c1. The lowest BCUT2D eigenvalue weighted by Gasteiger charge is -2.36. The van der Waals surface area contributed by atoms with Crippen LogP contribution in [0.1, 0.15) is 26.3 Å². The summed E-state index contributed by atoms with van der Waals surface area (Å²) in [6.07, 6.45) is 0. The van der Waals surface area contributed by atoms with E-state index in [2.05, 4.69) is 5.32 Å². The van der Waals surface area contributed by atoms with Crippen molar-refractivity contribution in [3.8, 4) is 0 Å². The van der Waals surface area contributed by atoms with E-state index in [9.17, 15) is 14.0 Å². The van der Waals surface area contributed by atoms with E-state index in [1.165, 1.54) is 6.07 Å². The molecular weight excluding hydrogens is 393 g/mol. The van der Waals surface area contributed by atoms with Gasteiger partial charge in [-0.25, -0.2) is 4.39 Å². The Bertz CT molecular complexity index is 1060. The number of nitrogens with zero attached hydrogens (tertiary/aromatic N) is 2. The summed E-state index contributed by atoms with van der Waals surface area (Å²) in [6.45, 7) is 2.54. The number of piperazine rings is 1. The number of anilines is 1. The van der Waals surface area contributed by atoms with E-state index in [0.717, 1.165) is 5.56 Å². The highest BCUT2D eigenvalue weighted by Crippen LogP contribution is 2.21. The van der Waals surface area contributed by atoms with Gasteiger partial charge in [-0.1, -0.05) is 48.5 Å². The van der Waals surface area contributed by atoms with Crippen molar-refractivity contribution in [1.29, 1.82) is 0 Å². The molecular formula is C25H24FN3O2. The molecule has 2 amide bonds. The predicted octanol–water partition coefficient (Wildman–Crippen LogP) is 3.72. The van der Waals surface area contributed by atoms with Crippen molar-refractivity contribution < 1.29 is 14.0 Å². The second kappa shape index (κ2) is 9.43. The normalized spacial score (nSPS) is 13.7. The Balaban J connectivity index is 1.37. The van der Waals surface area contributed by atoms with E-state index < -0.39 is 0 Å². The van der Waals surface area contributed by atoms with Crippen LogP contribution in [0, 0.1) is 5.82 Å². The van der Waals surface area contributed by atoms with Crippen LogP contribution in [0.2, 0.25) is 0 Å². The minimum Gasteiger partial charge on any atom is -0.366 e. The van der Waals surface area contributed by atoms with E-state index in [-0.39, 0.29) is 17.6 Å². The monoisotopic (exact) mass is 417 g/mol. The van der Waals surface area contributed by atoms with Gasteiger partial charge in [0.15, 0.2) is 0 Å². The minimum atomic E-state index is -0.253. The Morgan fingerprint density at radius 3 is 2.23 bits per heavy atom. The van der Waals surface area contributed by atoms with Gasteiger partial charge >= 0.3 is 0 Å². The van der Waals surface area contributed by atoms with E-state index in [4.69, 9.17) is 0 Å². The molecule has 0 atom stereocenters. The summed E-state index contributed by atoms with van der Waals surface area (Å²) in [6, 6.07) is 23.1. The highest BCUT2D eigenvalue weighted by molar-refractivity contribution is 5.99. The average Bonchev–Trinajstić information content (AvgIpc) is 2.83. The summed E-state index contributed by atoms with van der Waals surface area (Å²) in [5.74, 6) is -0.592. The van der Waals surface area contributed by atoms with Crippen LogP contribution in [-0.4, -0.2) is 42.9 Å². The first-order chi connectivity index (χ1) is 15.1. The molecule has 3 aromatic rings. The molecule has 1 aliphatic rings. The number of hydrogen-bond donors (Lipinski definition) is 1. The van der Waals surface area contributed by atoms with Crippen molar-refractivity contribution in [3.63, 3.8) is 0 Å². The number of amides is 2. The third-order valence-electron chi connectivity index (χ3n) is 5.43. The molecule has 0 radical (unpaired) electrons. The molecule has 0 aromatic heterocycles. The molecule has 1 fully saturated rings. The van der Waals surface area contributed by atoms with Crippen LogP contribution in [-0.2, 0) is 6.54 Å². The number of hydrogen-bond acceptors (Lipinski definition) is 3. The zero-order chi connectivity index (χ0) is 21.6. The number of para-hydroxylation sites is 1. The van der Waals surface area contributed by atoms with E-state index in [1.807, 2.05) is 41.3 Å². The molecule has 5 nitrogen and oxygen atoms in total. The third-order valence-corrected chi connectivity index (χ3v) is 5.43. The molecule has 4 rings (SSSR count). The number of rotatable bonds is 5. The largest absolute Gasteiger partial charge is 0.366 e. The number of carbonyl (C=O) groups is 2. The highest BCUT2D eigenvalue weighted by atomic mass is 19.1. The topological polar surface area (TPSA) is 52.7 Å². The van der Waals surface area contributed by atoms with E-state index in [0.29, 0.717) is 49.5 Å². The molecule has 1 saturated heterocycles. The van der Waals surface area contributed by atoms with Crippen LogP contribution in [0.5, 0.6) is 0 Å². The molecule has 0 bridgehead atoms. The van der Waals surface area contributed by atoms with E-state index >= 15 is 0 Å². The molecule has 0 spiro atoms. The summed E-state index contributed by atoms with van der Waals surface area (Å²) in [5.41, 5.74) is 2.50. The zero-order valence-electron chi connectivity index (χ0n) is 17.1. The molecule has 31 heavy (non-hydrogen) atoms. The maximum atomic E-state index is 14.0. The quantitative estimate of drug-likeness (QED) is 0.689. The summed E-state index contributed by atoms with van der Waals surface area (Å²) >= 11 is 0. The van der Waals surface area contributed by atoms with Gasteiger partial charge in [0.1, 0.15) is 5.82 Å². The first-order valence-electron chi connectivity index (χ1n) is 10.3. The molecule has 1 aliphatic heterocycles. The molecule has 0 unspecified atom stereocenters. The maximum Gasteiger partial charge on any atom is 0.253 e. The molecule has 0 aliphatic carbocycles. The molecule has 0 saturated carbocycles. The van der Waals surface area contributed by atoms with Crippen molar-refractivity contribution >= 4 is 17.5 Å². The smallest absolute Gasteiger partial charge is 0.253 e. The fraction of sp³-hybridized carbons (Fsp3) is 0.200. The lowest BCUT2D eigenvalue weighted by Crippen LogP contribution is -2.49. The summed E-state index contributed by atoms with van der Waals surface area (Å²) in [4.78, 5) is 29.2. The van der Waals surface area contributed by atoms with Crippen molar-refractivity contribution in [1.82, 2.24) is 10.2 Å². The number of nitrogens with one attached hydrogen (secondary N) is 1. The summed E-state index contributed by atoms with van der Waals surface area (Å²) < 4.78 is 14.0. The van der Waals surface area contributed by atoms with E-state index in [1.54, 1.807) is 41.3 Å². The molecule has 1 heterocycles. The van der Waals surface area contributed by atoms with Crippen LogP contribution in [0.3, 0.4) is 0 Å². The Morgan fingerprint density at radius 1 is 0.806 bits per heavy atom. The fourth-order valence-corrected chi connectivity index (χ4v) is 3.71. The standard InChI is InChI=1S/C25H24FN3O2/c26-22-11-4-5-12-23(22)28-13-15-29(16-14-28)25(31)21-10-6-9-20(17-21)24(30)27-18-19-7-2-1-3-8-19/h1-12,17H,13-16,18H2,(H,27,30). The Morgan fingerprint density at radius 2 is 1.48 bits per heavy atom. The van der Waals surface area contributed by atoms with Gasteiger partial charge in [0, 0.05) is 43.9 Å². The lowest BCUT2D eigenvalue weighted by molar-refractivity contribution is 0.0746. The summed E-state index contributed by atoms with van der Waals surface area (Å²) in [5, 5.41) is 2.88. The Labute approximate surface area is 181 Å². The number of carbonyl (C=O) groups excluding carboxylic acids is 2. The molecule has 158 valence electrons. The molecule has 3 aromatic carbocycles. The van der Waals surface area contributed by atoms with Crippen molar-refractivity contribution in [2.75, 3.05) is 31.1 Å². The second-order valence-electron chi connectivity index (χ2n) is 7.48. The predicted molar refractivity (Wildman–Crippen MR) is 119 cm³/mol. The highest BCUT2D eigenvalue weighted by Gasteiger charge is 2.24. The van der Waals surface area contributed by atoms with Gasteiger partial charge in [-0.05, 0) is 35.9 Å². The molecule has 6 heteroatoms. The second-order valence-corrected chi connectivity index (χ2v) is 7.48. The van der Waals surface area contributed by atoms with Crippen LogP contribution < -0.4 is 10.2 Å². The van der Waals surface area contributed by atoms with Gasteiger partial charge in [0.05, 0.1) is 5.69 Å². The maximum absolute atomic E-state index is 14.0. The minimum absolute atomic E-state index is 0.120. The zero-order valence-corrected chi connectivity index (χ0v) is 17.1. The average molecular weight is 417 g/mol.